The van der Waals surface area contributed by atoms with Crippen LogP contribution in [0.4, 0.5) is 10.7 Å². The second-order valence-corrected chi connectivity index (χ2v) is 25.7. The number of hydrogen-bond acceptors (Lipinski definition) is 21. The smallest absolute Gasteiger partial charge is 0.407 e. The number of alkyl carbamates (subject to hydrolysis) is 1. The number of fused-ring (bicyclic) bond motifs is 3. The Hall–Kier alpha value is -5.83. The quantitative estimate of drug-likeness (QED) is 0.0560. The molecule has 0 radical (unpaired) electrons. The number of aliphatic hydroxyl groups excluding tert-OH is 1. The van der Waals surface area contributed by atoms with Crippen LogP contribution < -0.4 is 16.0 Å². The first-order valence-corrected chi connectivity index (χ1v) is 33.2. The van der Waals surface area contributed by atoms with Gasteiger partial charge in [0.15, 0.2) is 5.78 Å². The minimum Gasteiger partial charge on any atom is -0.459 e. The Labute approximate surface area is 543 Å². The average molecular weight is 1290 g/mol. The number of nitrogens with two attached hydrogens (primary N) is 1. The standard InChI is InChI=1S/C68H105N7O17/c1-11-30-88-32-33-89-31-24-59(77)73-26-28-74(29-27-73)66-70-40-50(41-71-66)42-72-67(83)91-55-23-21-49(37-58(55)86-9)36-52(69)57-39-54(76)45(4)35-47(6)61(79)62(87-10)60(78)46(5)34-43(2)17-13-12-14-18-44(3)56(85-8)38-51-22-20-48(7)68(84,92-51)63(80)64(81)75-25-16-15-19-53(75)65(82)90-57/h12-14,17-18,35,40-41,43,45-46,48-49,51-53,55-58,61-62,79,84H,11,15-16,19-34,36-39,42,69H2,1-10H3,(H,72,83)/b14-12+,17-13+,44-18+,47-35+/t43-,45-,46-,48-,49+,51+,52-,53+,55-,56+,57+,58-,61-,62+,68-/m1/s1. The monoisotopic (exact) mass is 1290 g/mol. The van der Waals surface area contributed by atoms with Crippen molar-refractivity contribution in [1.29, 1.82) is 0 Å². The summed E-state index contributed by atoms with van der Waals surface area (Å²) in [5, 5.41) is 26.5. The van der Waals surface area contributed by atoms with Gasteiger partial charge in [-0.15, -0.1) is 0 Å². The fourth-order valence-electron chi connectivity index (χ4n) is 12.9. The average Bonchev–Trinajstić information content (AvgIpc) is 0.921. The summed E-state index contributed by atoms with van der Waals surface area (Å²) < 4.78 is 46.7. The number of hydrogen-bond donors (Lipinski definition) is 4. The number of methoxy groups -OCH3 is 3. The topological polar surface area (TPSA) is 307 Å². The van der Waals surface area contributed by atoms with Gasteiger partial charge in [-0.05, 0) is 107 Å². The van der Waals surface area contributed by atoms with Gasteiger partial charge in [0.25, 0.3) is 11.7 Å². The minimum atomic E-state index is -2.50. The van der Waals surface area contributed by atoms with Gasteiger partial charge in [0.2, 0.25) is 17.6 Å². The van der Waals surface area contributed by atoms with E-state index in [1.807, 2.05) is 61.0 Å². The molecule has 1 saturated carbocycles. The number of esters is 1. The molecule has 0 spiro atoms. The summed E-state index contributed by atoms with van der Waals surface area (Å²) in [7, 11) is 4.44. The number of cyclic esters (lactones) is 1. The van der Waals surface area contributed by atoms with Gasteiger partial charge >= 0.3 is 12.1 Å². The second-order valence-electron chi connectivity index (χ2n) is 25.7. The van der Waals surface area contributed by atoms with E-state index in [4.69, 9.17) is 43.6 Å². The normalized spacial score (nSPS) is 32.9. The number of carbonyl (C=O) groups is 7. The molecule has 3 amide bonds. The Balaban J connectivity index is 1.12. The van der Waals surface area contributed by atoms with E-state index in [1.165, 1.54) is 14.2 Å². The molecular formula is C68H105N7O17. The maximum absolute atomic E-state index is 14.7. The van der Waals surface area contributed by atoms with Crippen molar-refractivity contribution in [2.75, 3.05) is 85.4 Å². The van der Waals surface area contributed by atoms with Crippen LogP contribution in [-0.4, -0.2) is 212 Å². The van der Waals surface area contributed by atoms with Gasteiger partial charge in [-0.3, -0.25) is 24.0 Å². The largest absolute Gasteiger partial charge is 0.459 e. The Morgan fingerprint density at radius 3 is 2.22 bits per heavy atom. The minimum absolute atomic E-state index is 0.0140. The van der Waals surface area contributed by atoms with Crippen LogP contribution in [0.1, 0.15) is 144 Å². The number of Topliss-reactive ketones (excluding diaryl/α,β-unsaturated/α-hetero) is 3. The van der Waals surface area contributed by atoms with Crippen molar-refractivity contribution in [3.63, 3.8) is 0 Å². The van der Waals surface area contributed by atoms with E-state index in [0.29, 0.717) is 127 Å². The molecule has 0 unspecified atom stereocenters. The van der Waals surface area contributed by atoms with Crippen molar-refractivity contribution in [2.45, 2.75) is 206 Å². The van der Waals surface area contributed by atoms with Crippen molar-refractivity contribution in [3.8, 4) is 0 Å². The molecule has 5 heterocycles. The molecule has 1 aromatic rings. The van der Waals surface area contributed by atoms with Crippen LogP contribution in [0, 0.1) is 29.6 Å². The summed E-state index contributed by atoms with van der Waals surface area (Å²) >= 11 is 0. The predicted octanol–water partition coefficient (Wildman–Crippen LogP) is 6.08. The number of piperazine rings is 1. The van der Waals surface area contributed by atoms with Crippen molar-refractivity contribution >= 4 is 47.2 Å². The molecule has 5 aliphatic rings. The van der Waals surface area contributed by atoms with Gasteiger partial charge in [0, 0.05) is 122 Å². The maximum Gasteiger partial charge on any atom is 0.407 e. The first-order valence-electron chi connectivity index (χ1n) is 33.2. The number of anilines is 1. The second kappa shape index (κ2) is 37.3. The highest BCUT2D eigenvalue weighted by Gasteiger charge is 2.53. The van der Waals surface area contributed by atoms with Crippen LogP contribution >= 0.6 is 0 Å². The highest BCUT2D eigenvalue weighted by Crippen LogP contribution is 2.38. The summed E-state index contributed by atoms with van der Waals surface area (Å²) in [5.74, 6) is -8.08. The molecule has 5 N–H and O–H groups in total. The maximum atomic E-state index is 14.7. The number of carbonyl (C=O) groups excluding carboxylic acids is 7. The summed E-state index contributed by atoms with van der Waals surface area (Å²) in [4.78, 5) is 112. The highest BCUT2D eigenvalue weighted by atomic mass is 16.6. The summed E-state index contributed by atoms with van der Waals surface area (Å²) in [6.07, 6.45) is 12.7. The van der Waals surface area contributed by atoms with Gasteiger partial charge in [0.1, 0.15) is 36.2 Å². The highest BCUT2D eigenvalue weighted by molar-refractivity contribution is 6.39. The third-order valence-electron chi connectivity index (χ3n) is 18.7. The fraction of sp³-hybridized carbons (Fsp3) is 0.721. The summed E-state index contributed by atoms with van der Waals surface area (Å²) in [6.45, 7) is 16.9. The number of ketones is 3. The summed E-state index contributed by atoms with van der Waals surface area (Å²) in [5.41, 5.74) is 8.86. The van der Waals surface area contributed by atoms with Crippen LogP contribution in [0.5, 0.6) is 0 Å². The summed E-state index contributed by atoms with van der Waals surface area (Å²) in [6, 6.07) is -2.20. The molecule has 92 heavy (non-hydrogen) atoms. The molecule has 3 saturated heterocycles. The van der Waals surface area contributed by atoms with E-state index in [-0.39, 0.29) is 62.3 Å². The predicted molar refractivity (Wildman–Crippen MR) is 342 cm³/mol. The van der Waals surface area contributed by atoms with Crippen molar-refractivity contribution in [3.05, 3.63) is 65.6 Å². The number of piperidine rings is 1. The third-order valence-corrected chi connectivity index (χ3v) is 18.7. The Kier molecular flexibility index (Phi) is 30.5. The lowest BCUT2D eigenvalue weighted by atomic mass is 9.80. The van der Waals surface area contributed by atoms with Crippen molar-refractivity contribution < 1.29 is 81.7 Å². The third kappa shape index (κ3) is 21.6. The number of amides is 3. The van der Waals surface area contributed by atoms with Crippen LogP contribution in [-0.2, 0) is 73.2 Å². The van der Waals surface area contributed by atoms with E-state index in [1.54, 1.807) is 53.3 Å². The molecule has 1 aromatic heterocycles. The molecule has 514 valence electrons. The molecule has 2 bridgehead atoms. The lowest BCUT2D eigenvalue weighted by Crippen LogP contribution is -2.61. The number of nitrogens with zero attached hydrogens (tertiary/aromatic N) is 5. The molecule has 4 aliphatic heterocycles. The molecule has 1 aliphatic carbocycles. The molecular weight excluding hydrogens is 1190 g/mol. The first kappa shape index (κ1) is 75.2. The van der Waals surface area contributed by atoms with Gasteiger partial charge in [0.05, 0.1) is 44.6 Å². The van der Waals surface area contributed by atoms with Crippen molar-refractivity contribution in [1.82, 2.24) is 25.1 Å². The Bertz CT molecular complexity index is 2700. The van der Waals surface area contributed by atoms with Crippen molar-refractivity contribution in [2.24, 2.45) is 35.3 Å². The van der Waals surface area contributed by atoms with Crippen LogP contribution in [0.3, 0.4) is 0 Å². The molecule has 4 fully saturated rings. The van der Waals surface area contributed by atoms with E-state index in [9.17, 15) is 43.8 Å². The number of rotatable bonds is 18. The van der Waals surface area contributed by atoms with Crippen LogP contribution in [0.25, 0.3) is 0 Å². The number of ether oxygens (including phenoxy) is 8. The fourth-order valence-corrected chi connectivity index (χ4v) is 12.9. The lowest BCUT2D eigenvalue weighted by molar-refractivity contribution is -0.265. The number of aliphatic hydroxyl groups is 2. The number of aromatic nitrogens is 2. The van der Waals surface area contributed by atoms with Crippen LogP contribution in [0.2, 0.25) is 0 Å². The Morgan fingerprint density at radius 1 is 0.815 bits per heavy atom. The Morgan fingerprint density at radius 2 is 1.53 bits per heavy atom. The molecule has 6 rings (SSSR count). The molecule has 24 nitrogen and oxygen atoms in total. The van der Waals surface area contributed by atoms with Gasteiger partial charge in [-0.1, -0.05) is 71.1 Å². The first-order chi connectivity index (χ1) is 44.0. The van der Waals surface area contributed by atoms with Gasteiger partial charge < -0.3 is 73.9 Å². The van der Waals surface area contributed by atoms with Gasteiger partial charge in [-0.25, -0.2) is 19.6 Å². The van der Waals surface area contributed by atoms with Gasteiger partial charge in [-0.2, -0.15) is 0 Å². The zero-order valence-electron chi connectivity index (χ0n) is 56.0. The van der Waals surface area contributed by atoms with E-state index in [2.05, 4.69) is 15.3 Å². The molecule has 15 atom stereocenters. The zero-order chi connectivity index (χ0) is 67.1. The zero-order valence-corrected chi connectivity index (χ0v) is 56.0. The molecule has 0 aromatic carbocycles. The number of allylic oxidation sites excluding steroid dienone is 6. The number of nitrogens with one attached hydrogen (secondary N) is 1. The van der Waals surface area contributed by atoms with E-state index in [0.717, 1.165) is 16.9 Å². The van der Waals surface area contributed by atoms with E-state index >= 15 is 0 Å². The lowest BCUT2D eigenvalue weighted by Gasteiger charge is -2.42. The van der Waals surface area contributed by atoms with Crippen LogP contribution in [0.15, 0.2) is 60.0 Å². The van der Waals surface area contributed by atoms with E-state index < -0.39 is 108 Å². The molecule has 24 heteroatoms. The SMILES string of the molecule is CCCOCCOCCC(=O)N1CCN(c2ncc(CNC(=O)O[C@@H]3CC[C@@H](C[C@@H](N)[C@@H]4CC(=O)[C@H](C)/C=C(\C)[C@@H](O)[C@@H](OC)C(=O)[C@H](C)C[C@H](C)/C=C/C=C/C=C(\C)[C@@H](OC)C[C@@H]5CC[C@@H](C)[C@@](O)(O5)C(=O)C(=O)N5CCCC[C@H]5C(=O)O4)C[C@H]3OC)cn2)CC1.